The van der Waals surface area contributed by atoms with Crippen LogP contribution in [0.25, 0.3) is 0 Å². The minimum absolute atomic E-state index is 0.0316. The fourth-order valence-electron chi connectivity index (χ4n) is 3.07. The average Bonchev–Trinajstić information content (AvgIpc) is 2.81. The second-order valence-corrected chi connectivity index (χ2v) is 6.94. The van der Waals surface area contributed by atoms with E-state index in [-0.39, 0.29) is 28.5 Å². The van der Waals surface area contributed by atoms with Gasteiger partial charge < -0.3 is 10.2 Å². The maximum atomic E-state index is 12.3. The van der Waals surface area contributed by atoms with Crippen molar-refractivity contribution < 1.29 is 9.72 Å². The van der Waals surface area contributed by atoms with Crippen LogP contribution in [0.3, 0.4) is 0 Å². The van der Waals surface area contributed by atoms with Crippen molar-refractivity contribution in [1.82, 2.24) is 15.1 Å². The fourth-order valence-corrected chi connectivity index (χ4v) is 3.07. The van der Waals surface area contributed by atoms with E-state index in [4.69, 9.17) is 0 Å². The highest BCUT2D eigenvalue weighted by molar-refractivity contribution is 5.79. The fraction of sp³-hybridized carbons (Fsp3) is 0.750. The zero-order valence-corrected chi connectivity index (χ0v) is 15.1. The van der Waals surface area contributed by atoms with E-state index in [2.05, 4.69) is 24.3 Å². The number of amides is 1. The highest BCUT2D eigenvalue weighted by Crippen LogP contribution is 2.33. The summed E-state index contributed by atoms with van der Waals surface area (Å²) in [6.45, 7) is 9.06. The molecule has 1 saturated heterocycles. The van der Waals surface area contributed by atoms with Gasteiger partial charge >= 0.3 is 5.69 Å². The Bertz CT molecular complexity index is 617. The third-order valence-corrected chi connectivity index (χ3v) is 4.88. The summed E-state index contributed by atoms with van der Waals surface area (Å²) in [5, 5.41) is 18.6. The number of nitrogens with zero attached hydrogens (tertiary/aromatic N) is 4. The van der Waals surface area contributed by atoms with Crippen molar-refractivity contribution in [3.05, 3.63) is 15.8 Å². The van der Waals surface area contributed by atoms with E-state index in [9.17, 15) is 14.9 Å². The van der Waals surface area contributed by atoms with Gasteiger partial charge in [-0.25, -0.2) is 4.68 Å². The highest BCUT2D eigenvalue weighted by atomic mass is 16.6. The first-order chi connectivity index (χ1) is 11.2. The first-order valence-corrected chi connectivity index (χ1v) is 8.45. The van der Waals surface area contributed by atoms with Crippen LogP contribution in [-0.2, 0) is 11.8 Å². The number of nitrogens with one attached hydrogen (secondary N) is 1. The molecule has 1 atom stereocenters. The molecule has 2 rings (SSSR count). The molecular weight excluding hydrogens is 310 g/mol. The highest BCUT2D eigenvalue weighted by Gasteiger charge is 2.33. The molecule has 0 aliphatic carbocycles. The van der Waals surface area contributed by atoms with E-state index in [1.807, 2.05) is 11.8 Å². The van der Waals surface area contributed by atoms with Crippen LogP contribution in [0, 0.1) is 28.9 Å². The molecule has 1 aromatic rings. The smallest absolute Gasteiger partial charge is 0.333 e. The minimum Gasteiger partial charge on any atom is -0.353 e. The first kappa shape index (κ1) is 18.2. The van der Waals surface area contributed by atoms with Crippen LogP contribution in [-0.4, -0.2) is 39.7 Å². The topological polar surface area (TPSA) is 93.3 Å². The van der Waals surface area contributed by atoms with Crippen molar-refractivity contribution in [2.45, 2.75) is 46.6 Å². The quantitative estimate of drug-likeness (QED) is 0.655. The van der Waals surface area contributed by atoms with E-state index < -0.39 is 0 Å². The number of aromatic nitrogens is 2. The van der Waals surface area contributed by atoms with Crippen molar-refractivity contribution in [3.8, 4) is 0 Å². The first-order valence-electron chi connectivity index (χ1n) is 8.45. The van der Waals surface area contributed by atoms with E-state index >= 15 is 0 Å². The Morgan fingerprint density at radius 2 is 1.92 bits per heavy atom. The van der Waals surface area contributed by atoms with Gasteiger partial charge in [-0.1, -0.05) is 13.8 Å². The van der Waals surface area contributed by atoms with Gasteiger partial charge in [0.05, 0.1) is 4.92 Å². The van der Waals surface area contributed by atoms with Crippen molar-refractivity contribution in [2.75, 3.05) is 18.0 Å². The molecule has 8 heteroatoms. The predicted octanol–water partition coefficient (Wildman–Crippen LogP) is 2.01. The van der Waals surface area contributed by atoms with Gasteiger partial charge in [0.25, 0.3) is 0 Å². The molecule has 1 aliphatic heterocycles. The summed E-state index contributed by atoms with van der Waals surface area (Å²) in [7, 11) is 1.72. The zero-order valence-electron chi connectivity index (χ0n) is 15.1. The molecule has 0 aromatic carbocycles. The lowest BCUT2D eigenvalue weighted by Gasteiger charge is -2.33. The van der Waals surface area contributed by atoms with Gasteiger partial charge in [0.2, 0.25) is 11.7 Å². The van der Waals surface area contributed by atoms with Crippen molar-refractivity contribution in [2.24, 2.45) is 18.9 Å². The Morgan fingerprint density at radius 1 is 1.33 bits per heavy atom. The number of hydrogen-bond donors (Lipinski definition) is 1. The summed E-state index contributed by atoms with van der Waals surface area (Å²) in [5.74, 6) is 0.989. The Morgan fingerprint density at radius 3 is 2.42 bits per heavy atom. The molecule has 1 fully saturated rings. The van der Waals surface area contributed by atoms with Gasteiger partial charge in [-0.05, 0) is 32.6 Å². The third kappa shape index (κ3) is 3.68. The van der Waals surface area contributed by atoms with Gasteiger partial charge in [-0.2, -0.15) is 5.10 Å². The van der Waals surface area contributed by atoms with Crippen molar-refractivity contribution in [3.63, 3.8) is 0 Å². The average molecular weight is 337 g/mol. The maximum absolute atomic E-state index is 12.3. The molecule has 1 N–H and O–H groups in total. The molecule has 1 aliphatic rings. The molecule has 134 valence electrons. The molecule has 0 bridgehead atoms. The van der Waals surface area contributed by atoms with E-state index in [1.54, 1.807) is 18.7 Å². The van der Waals surface area contributed by atoms with Gasteiger partial charge in [0.1, 0.15) is 5.69 Å². The Labute approximate surface area is 142 Å². The van der Waals surface area contributed by atoms with Crippen LogP contribution in [0.5, 0.6) is 0 Å². The summed E-state index contributed by atoms with van der Waals surface area (Å²) in [4.78, 5) is 25.3. The SMILES string of the molecule is Cc1nn(C)c(N2CCC(C(=O)N[C@@H](C)C(C)C)CC2)c1[N+](=O)[O-]. The van der Waals surface area contributed by atoms with E-state index in [0.717, 1.165) is 0 Å². The van der Waals surface area contributed by atoms with Crippen LogP contribution in [0.2, 0.25) is 0 Å². The summed E-state index contributed by atoms with van der Waals surface area (Å²) >= 11 is 0. The lowest BCUT2D eigenvalue weighted by molar-refractivity contribution is -0.384. The van der Waals surface area contributed by atoms with E-state index in [1.165, 1.54) is 0 Å². The Kier molecular flexibility index (Phi) is 5.46. The second kappa shape index (κ2) is 7.19. The lowest BCUT2D eigenvalue weighted by Crippen LogP contribution is -2.44. The number of carbonyl (C=O) groups is 1. The Hall–Kier alpha value is -2.12. The number of piperidine rings is 1. The van der Waals surface area contributed by atoms with Crippen molar-refractivity contribution in [1.29, 1.82) is 0 Å². The number of aryl methyl sites for hydroxylation is 2. The molecule has 1 amide bonds. The second-order valence-electron chi connectivity index (χ2n) is 6.94. The van der Waals surface area contributed by atoms with Crippen LogP contribution < -0.4 is 10.2 Å². The minimum atomic E-state index is -0.374. The number of nitro groups is 1. The van der Waals surface area contributed by atoms with Crippen LogP contribution in [0.1, 0.15) is 39.3 Å². The molecule has 2 heterocycles. The lowest BCUT2D eigenvalue weighted by atomic mass is 9.94. The normalized spacial score (nSPS) is 17.2. The molecule has 0 unspecified atom stereocenters. The summed E-state index contributed by atoms with van der Waals surface area (Å²) < 4.78 is 1.56. The molecule has 0 saturated carbocycles. The van der Waals surface area contributed by atoms with Crippen LogP contribution in [0.15, 0.2) is 0 Å². The van der Waals surface area contributed by atoms with Gasteiger partial charge in [0.15, 0.2) is 0 Å². The Balaban J connectivity index is 2.03. The van der Waals surface area contributed by atoms with Gasteiger partial charge in [0, 0.05) is 32.1 Å². The molecule has 0 radical (unpaired) electrons. The molecule has 24 heavy (non-hydrogen) atoms. The summed E-state index contributed by atoms with van der Waals surface area (Å²) in [6, 6.07) is 0.149. The molecule has 0 spiro atoms. The predicted molar refractivity (Wildman–Crippen MR) is 92.0 cm³/mol. The van der Waals surface area contributed by atoms with Crippen LogP contribution >= 0.6 is 0 Å². The van der Waals surface area contributed by atoms with Crippen LogP contribution in [0.4, 0.5) is 11.5 Å². The molecule has 1 aromatic heterocycles. The third-order valence-electron chi connectivity index (χ3n) is 4.88. The standard InChI is InChI=1S/C16H27N5O3/c1-10(2)11(3)17-15(22)13-6-8-20(9-7-13)16-14(21(23)24)12(4)18-19(16)5/h10-11,13H,6-9H2,1-5H3,(H,17,22)/t11-/m0/s1. The zero-order chi connectivity index (χ0) is 18.0. The van der Waals surface area contributed by atoms with E-state index in [0.29, 0.717) is 43.4 Å². The number of anilines is 1. The number of rotatable bonds is 5. The summed E-state index contributed by atoms with van der Waals surface area (Å²) in [5.41, 5.74) is 0.483. The molecular formula is C16H27N5O3. The van der Waals surface area contributed by atoms with Crippen molar-refractivity contribution >= 4 is 17.4 Å². The number of carbonyl (C=O) groups excluding carboxylic acids is 1. The van der Waals surface area contributed by atoms with Gasteiger partial charge in [-0.15, -0.1) is 0 Å². The largest absolute Gasteiger partial charge is 0.353 e. The van der Waals surface area contributed by atoms with Gasteiger partial charge in [-0.3, -0.25) is 14.9 Å². The summed E-state index contributed by atoms with van der Waals surface area (Å²) in [6.07, 6.45) is 1.38. The maximum Gasteiger partial charge on any atom is 0.333 e. The number of hydrogen-bond acceptors (Lipinski definition) is 5. The molecule has 8 nitrogen and oxygen atoms in total. The monoisotopic (exact) mass is 337 g/mol.